The van der Waals surface area contributed by atoms with Gasteiger partial charge in [-0.2, -0.15) is 0 Å². The summed E-state index contributed by atoms with van der Waals surface area (Å²) in [5.41, 5.74) is 7.42. The molecule has 25 heavy (non-hydrogen) atoms. The van der Waals surface area contributed by atoms with Crippen LogP contribution in [-0.2, 0) is 4.79 Å². The lowest BCUT2D eigenvalue weighted by Gasteiger charge is -2.11. The molecule has 128 valence electrons. The van der Waals surface area contributed by atoms with E-state index in [-0.39, 0.29) is 5.91 Å². The number of nitrogens with two attached hydrogens (primary N) is 1. The highest BCUT2D eigenvalue weighted by molar-refractivity contribution is 9.10. The lowest BCUT2D eigenvalue weighted by molar-refractivity contribution is -0.117. The molecule has 1 aromatic heterocycles. The van der Waals surface area contributed by atoms with Gasteiger partial charge in [-0.15, -0.1) is 10.2 Å². The zero-order valence-electron chi connectivity index (χ0n) is 12.5. The molecule has 0 aliphatic carbocycles. The fraction of sp³-hybridized carbons (Fsp3) is 0.0625. The van der Waals surface area contributed by atoms with Gasteiger partial charge in [0.1, 0.15) is 11.0 Å². The second kappa shape index (κ2) is 7.80. The second-order valence-electron chi connectivity index (χ2n) is 5.09. The molecule has 1 unspecified atom stereocenters. The molecule has 0 fully saturated rings. The average Bonchev–Trinajstić information content (AvgIpc) is 3.01. The largest absolute Gasteiger partial charge is 0.316 e. The van der Waals surface area contributed by atoms with E-state index in [2.05, 4.69) is 31.4 Å². The monoisotopic (exact) mass is 456 g/mol. The summed E-state index contributed by atoms with van der Waals surface area (Å²) in [5.74, 6) is -0.370. The van der Waals surface area contributed by atoms with Crippen molar-refractivity contribution in [2.24, 2.45) is 5.73 Å². The first-order valence-corrected chi connectivity index (χ1v) is 9.41. The normalized spacial score (nSPS) is 12.0. The number of anilines is 1. The highest BCUT2D eigenvalue weighted by Gasteiger charge is 2.18. The zero-order valence-corrected chi connectivity index (χ0v) is 16.5. The van der Waals surface area contributed by atoms with Gasteiger partial charge in [0.15, 0.2) is 0 Å². The second-order valence-corrected chi connectivity index (χ2v) is 7.86. The lowest BCUT2D eigenvalue weighted by Crippen LogP contribution is -2.27. The fourth-order valence-electron chi connectivity index (χ4n) is 2.10. The SMILES string of the molecule is NC(C(=O)Nc1nnc(-c2cc(Cl)cc(Cl)c2)s1)c1cccc(Br)c1. The van der Waals surface area contributed by atoms with Crippen LogP contribution in [-0.4, -0.2) is 16.1 Å². The average molecular weight is 458 g/mol. The van der Waals surface area contributed by atoms with Crippen molar-refractivity contribution in [2.75, 3.05) is 5.32 Å². The number of hydrogen-bond donors (Lipinski definition) is 2. The zero-order chi connectivity index (χ0) is 18.0. The topological polar surface area (TPSA) is 80.9 Å². The number of carbonyl (C=O) groups is 1. The molecule has 0 aliphatic rings. The Kier molecular flexibility index (Phi) is 5.71. The van der Waals surface area contributed by atoms with Gasteiger partial charge in [-0.25, -0.2) is 0 Å². The number of amides is 1. The molecule has 3 aromatic rings. The number of rotatable bonds is 4. The Morgan fingerprint density at radius 1 is 1.16 bits per heavy atom. The van der Waals surface area contributed by atoms with Gasteiger partial charge < -0.3 is 5.73 Å². The predicted molar refractivity (Wildman–Crippen MR) is 105 cm³/mol. The first-order chi connectivity index (χ1) is 11.9. The van der Waals surface area contributed by atoms with Gasteiger partial charge in [-0.1, -0.05) is 62.6 Å². The molecule has 1 heterocycles. The van der Waals surface area contributed by atoms with Crippen LogP contribution in [0.2, 0.25) is 10.0 Å². The molecule has 3 N–H and O–H groups in total. The number of hydrogen-bond acceptors (Lipinski definition) is 5. The minimum absolute atomic E-state index is 0.349. The van der Waals surface area contributed by atoms with Gasteiger partial charge in [0.05, 0.1) is 0 Å². The molecule has 0 radical (unpaired) electrons. The standard InChI is InChI=1S/C16H11BrCl2N4OS/c17-10-3-1-2-8(4-10)13(20)14(24)21-16-23-22-15(25-16)9-5-11(18)7-12(19)6-9/h1-7,13H,20H2,(H,21,23,24). The summed E-state index contributed by atoms with van der Waals surface area (Å²) in [5, 5.41) is 12.6. The van der Waals surface area contributed by atoms with Crippen LogP contribution in [0.4, 0.5) is 5.13 Å². The number of carbonyl (C=O) groups excluding carboxylic acids is 1. The molecule has 2 aromatic carbocycles. The molecule has 1 amide bonds. The molecule has 5 nitrogen and oxygen atoms in total. The molecule has 0 saturated heterocycles. The van der Waals surface area contributed by atoms with Crippen LogP contribution in [0.15, 0.2) is 46.9 Å². The number of nitrogens with one attached hydrogen (secondary N) is 1. The quantitative estimate of drug-likeness (QED) is 0.582. The van der Waals surface area contributed by atoms with Gasteiger partial charge in [-0.3, -0.25) is 10.1 Å². The summed E-state index contributed by atoms with van der Waals surface area (Å²) < 4.78 is 0.851. The highest BCUT2D eigenvalue weighted by atomic mass is 79.9. The number of nitrogens with zero attached hydrogens (tertiary/aromatic N) is 2. The van der Waals surface area contributed by atoms with Crippen LogP contribution < -0.4 is 11.1 Å². The van der Waals surface area contributed by atoms with E-state index < -0.39 is 6.04 Å². The van der Waals surface area contributed by atoms with E-state index in [0.717, 1.165) is 10.0 Å². The fourth-order valence-corrected chi connectivity index (χ4v) is 3.78. The third kappa shape index (κ3) is 4.56. The van der Waals surface area contributed by atoms with Gasteiger partial charge in [0, 0.05) is 20.1 Å². The summed E-state index contributed by atoms with van der Waals surface area (Å²) in [6.07, 6.45) is 0. The Morgan fingerprint density at radius 2 is 1.88 bits per heavy atom. The molecule has 0 saturated carbocycles. The molecule has 0 bridgehead atoms. The maximum Gasteiger partial charge on any atom is 0.247 e. The third-order valence-corrected chi connectivity index (χ3v) is 5.07. The van der Waals surface area contributed by atoms with Gasteiger partial charge in [0.25, 0.3) is 0 Å². The Balaban J connectivity index is 1.75. The Bertz CT molecular complexity index is 914. The van der Waals surface area contributed by atoms with Crippen LogP contribution in [0.5, 0.6) is 0 Å². The van der Waals surface area contributed by atoms with Crippen molar-refractivity contribution in [2.45, 2.75) is 6.04 Å². The van der Waals surface area contributed by atoms with Crippen molar-refractivity contribution >= 4 is 61.5 Å². The van der Waals surface area contributed by atoms with Crippen molar-refractivity contribution in [1.82, 2.24) is 10.2 Å². The Hall–Kier alpha value is -1.51. The third-order valence-electron chi connectivity index (χ3n) is 3.25. The van der Waals surface area contributed by atoms with E-state index >= 15 is 0 Å². The summed E-state index contributed by atoms with van der Waals surface area (Å²) in [6.45, 7) is 0. The maximum atomic E-state index is 12.3. The van der Waals surface area contributed by atoms with Crippen LogP contribution in [0, 0.1) is 0 Å². The predicted octanol–water partition coefficient (Wildman–Crippen LogP) is 4.91. The van der Waals surface area contributed by atoms with Crippen LogP contribution in [0.3, 0.4) is 0 Å². The van der Waals surface area contributed by atoms with Crippen LogP contribution in [0.25, 0.3) is 10.6 Å². The number of aromatic nitrogens is 2. The van der Waals surface area contributed by atoms with Gasteiger partial charge in [-0.05, 0) is 35.9 Å². The van der Waals surface area contributed by atoms with E-state index in [9.17, 15) is 4.79 Å². The van der Waals surface area contributed by atoms with Crippen molar-refractivity contribution in [3.8, 4) is 10.6 Å². The number of halogens is 3. The minimum Gasteiger partial charge on any atom is -0.316 e. The van der Waals surface area contributed by atoms with Crippen molar-refractivity contribution in [3.05, 3.63) is 62.5 Å². The lowest BCUT2D eigenvalue weighted by atomic mass is 10.1. The smallest absolute Gasteiger partial charge is 0.247 e. The highest BCUT2D eigenvalue weighted by Crippen LogP contribution is 2.31. The van der Waals surface area contributed by atoms with Crippen LogP contribution >= 0.6 is 50.5 Å². The Morgan fingerprint density at radius 3 is 2.56 bits per heavy atom. The summed E-state index contributed by atoms with van der Waals surface area (Å²) in [4.78, 5) is 12.3. The molecule has 3 rings (SSSR count). The van der Waals surface area contributed by atoms with E-state index in [4.69, 9.17) is 28.9 Å². The van der Waals surface area contributed by atoms with Crippen molar-refractivity contribution < 1.29 is 4.79 Å². The first-order valence-electron chi connectivity index (χ1n) is 7.04. The van der Waals surface area contributed by atoms with Crippen LogP contribution in [0.1, 0.15) is 11.6 Å². The molecular formula is C16H11BrCl2N4OS. The molecule has 1 atom stereocenters. The first kappa shape index (κ1) is 18.3. The van der Waals surface area contributed by atoms with Gasteiger partial charge >= 0.3 is 0 Å². The Labute approximate surface area is 166 Å². The molecule has 9 heteroatoms. The summed E-state index contributed by atoms with van der Waals surface area (Å²) in [7, 11) is 0. The summed E-state index contributed by atoms with van der Waals surface area (Å²) >= 11 is 16.6. The molecule has 0 spiro atoms. The minimum atomic E-state index is -0.814. The van der Waals surface area contributed by atoms with E-state index in [1.165, 1.54) is 11.3 Å². The molecular weight excluding hydrogens is 447 g/mol. The van der Waals surface area contributed by atoms with Crippen molar-refractivity contribution in [3.63, 3.8) is 0 Å². The number of benzene rings is 2. The van der Waals surface area contributed by atoms with E-state index in [0.29, 0.717) is 25.7 Å². The maximum absolute atomic E-state index is 12.3. The molecule has 0 aliphatic heterocycles. The van der Waals surface area contributed by atoms with E-state index in [1.54, 1.807) is 30.3 Å². The van der Waals surface area contributed by atoms with Crippen molar-refractivity contribution in [1.29, 1.82) is 0 Å². The van der Waals surface area contributed by atoms with E-state index in [1.807, 2.05) is 12.1 Å². The van der Waals surface area contributed by atoms with Gasteiger partial charge in [0.2, 0.25) is 11.0 Å². The summed E-state index contributed by atoms with van der Waals surface area (Å²) in [6, 6.07) is 11.5.